The first-order valence-electron chi connectivity index (χ1n) is 11.1. The monoisotopic (exact) mass is 456 g/mol. The fourth-order valence-corrected chi connectivity index (χ4v) is 3.81. The standard InChI is InChI=1S/C22H15FN4O.C5H10O/c1-27-12-18(20(26-27)15-7-9-16(23)10-8-15)21-17-11-19(14-5-3-2-4-6-14)28-22(17)25-13-24-21;1-5(2)3-4-6-5/h2-13H,1H3;3-4H2,1-2H3. The number of fused-ring (bicyclic) bond motifs is 1. The van der Waals surface area contributed by atoms with Crippen molar-refractivity contribution in [2.75, 3.05) is 6.61 Å². The third-order valence-electron chi connectivity index (χ3n) is 5.79. The van der Waals surface area contributed by atoms with E-state index in [-0.39, 0.29) is 11.4 Å². The van der Waals surface area contributed by atoms with E-state index >= 15 is 0 Å². The molecule has 1 fully saturated rings. The molecule has 2 aromatic carbocycles. The molecule has 0 radical (unpaired) electrons. The lowest BCUT2D eigenvalue weighted by molar-refractivity contribution is -0.120. The zero-order chi connectivity index (χ0) is 23.7. The second kappa shape index (κ2) is 8.83. The summed E-state index contributed by atoms with van der Waals surface area (Å²) < 4.78 is 26.1. The highest BCUT2D eigenvalue weighted by molar-refractivity contribution is 5.95. The number of aromatic nitrogens is 4. The van der Waals surface area contributed by atoms with E-state index in [1.54, 1.807) is 16.8 Å². The van der Waals surface area contributed by atoms with Crippen LogP contribution in [0.1, 0.15) is 20.3 Å². The molecule has 0 saturated carbocycles. The molecule has 0 spiro atoms. The van der Waals surface area contributed by atoms with E-state index < -0.39 is 0 Å². The molecule has 3 aromatic heterocycles. The number of aryl methyl sites for hydroxylation is 1. The minimum Gasteiger partial charge on any atom is -0.438 e. The van der Waals surface area contributed by atoms with Crippen molar-refractivity contribution >= 4 is 11.1 Å². The highest BCUT2D eigenvalue weighted by Gasteiger charge is 2.26. The van der Waals surface area contributed by atoms with Gasteiger partial charge in [-0.2, -0.15) is 5.10 Å². The van der Waals surface area contributed by atoms with Gasteiger partial charge in [0.05, 0.1) is 23.3 Å². The van der Waals surface area contributed by atoms with E-state index in [9.17, 15) is 4.39 Å². The minimum atomic E-state index is -0.284. The molecule has 0 bridgehead atoms. The summed E-state index contributed by atoms with van der Waals surface area (Å²) in [6, 6.07) is 18.1. The Balaban J connectivity index is 0.000000351. The van der Waals surface area contributed by atoms with Gasteiger partial charge in [-0.05, 0) is 50.6 Å². The van der Waals surface area contributed by atoms with E-state index in [2.05, 4.69) is 28.9 Å². The molecular weight excluding hydrogens is 431 g/mol. The summed E-state index contributed by atoms with van der Waals surface area (Å²) in [6.07, 6.45) is 4.61. The molecule has 172 valence electrons. The van der Waals surface area contributed by atoms with E-state index in [4.69, 9.17) is 9.15 Å². The Morgan fingerprint density at radius 3 is 2.29 bits per heavy atom. The fraction of sp³-hybridized carbons (Fsp3) is 0.222. The molecule has 0 unspecified atom stereocenters. The maximum atomic E-state index is 13.3. The molecule has 0 atom stereocenters. The largest absolute Gasteiger partial charge is 0.438 e. The van der Waals surface area contributed by atoms with Crippen molar-refractivity contribution in [3.8, 4) is 33.8 Å². The Labute approximate surface area is 197 Å². The second-order valence-corrected chi connectivity index (χ2v) is 8.85. The van der Waals surface area contributed by atoms with Crippen molar-refractivity contribution in [1.82, 2.24) is 19.7 Å². The Morgan fingerprint density at radius 2 is 1.65 bits per heavy atom. The van der Waals surface area contributed by atoms with Crippen molar-refractivity contribution in [3.63, 3.8) is 0 Å². The Bertz CT molecular complexity index is 1420. The van der Waals surface area contributed by atoms with Gasteiger partial charge in [-0.15, -0.1) is 0 Å². The normalized spacial score (nSPS) is 14.4. The number of ether oxygens (including phenoxy) is 1. The lowest BCUT2D eigenvalue weighted by Crippen LogP contribution is -2.36. The predicted octanol–water partition coefficient (Wildman–Crippen LogP) is 6.28. The van der Waals surface area contributed by atoms with Crippen LogP contribution in [0.2, 0.25) is 0 Å². The number of benzene rings is 2. The zero-order valence-electron chi connectivity index (χ0n) is 19.3. The van der Waals surface area contributed by atoms with Crippen LogP contribution in [0.4, 0.5) is 4.39 Å². The molecule has 0 N–H and O–H groups in total. The summed E-state index contributed by atoms with van der Waals surface area (Å²) in [5, 5.41) is 5.37. The number of hydrogen-bond donors (Lipinski definition) is 0. The number of hydrogen-bond acceptors (Lipinski definition) is 5. The summed E-state index contributed by atoms with van der Waals surface area (Å²) in [4.78, 5) is 8.78. The molecule has 1 aliphatic heterocycles. The molecule has 34 heavy (non-hydrogen) atoms. The Kier molecular flexibility index (Phi) is 5.71. The molecule has 1 saturated heterocycles. The molecular formula is C27H25FN4O2. The molecule has 6 nitrogen and oxygen atoms in total. The lowest BCUT2D eigenvalue weighted by Gasteiger charge is -2.34. The van der Waals surface area contributed by atoms with Gasteiger partial charge in [-0.25, -0.2) is 14.4 Å². The van der Waals surface area contributed by atoms with Crippen LogP contribution < -0.4 is 0 Å². The molecule has 0 aliphatic carbocycles. The quantitative estimate of drug-likeness (QED) is 0.320. The Hall–Kier alpha value is -3.84. The van der Waals surface area contributed by atoms with Crippen LogP contribution in [-0.4, -0.2) is 32.0 Å². The van der Waals surface area contributed by atoms with Crippen LogP contribution >= 0.6 is 0 Å². The molecule has 1 aliphatic rings. The van der Waals surface area contributed by atoms with Gasteiger partial charge < -0.3 is 9.15 Å². The maximum absolute atomic E-state index is 13.3. The first kappa shape index (κ1) is 22.0. The highest BCUT2D eigenvalue weighted by atomic mass is 19.1. The third kappa shape index (κ3) is 4.47. The molecule has 4 heterocycles. The van der Waals surface area contributed by atoms with Gasteiger partial charge in [0.25, 0.3) is 0 Å². The van der Waals surface area contributed by atoms with Gasteiger partial charge in [-0.3, -0.25) is 4.68 Å². The first-order chi connectivity index (χ1) is 16.4. The summed E-state index contributed by atoms with van der Waals surface area (Å²) in [7, 11) is 1.85. The van der Waals surface area contributed by atoms with Gasteiger partial charge in [0.1, 0.15) is 23.6 Å². The summed E-state index contributed by atoms with van der Waals surface area (Å²) in [5.41, 5.74) is 4.81. The summed E-state index contributed by atoms with van der Waals surface area (Å²) in [5.74, 6) is 0.442. The second-order valence-electron chi connectivity index (χ2n) is 8.85. The van der Waals surface area contributed by atoms with Crippen LogP contribution in [0.15, 0.2) is 77.6 Å². The van der Waals surface area contributed by atoms with E-state index in [1.165, 1.54) is 24.9 Å². The average molecular weight is 457 g/mol. The summed E-state index contributed by atoms with van der Waals surface area (Å²) >= 11 is 0. The number of rotatable bonds is 3. The first-order valence-corrected chi connectivity index (χ1v) is 11.1. The van der Waals surface area contributed by atoms with Crippen molar-refractivity contribution in [2.45, 2.75) is 25.9 Å². The minimum absolute atomic E-state index is 0.222. The molecule has 7 heteroatoms. The molecule has 6 rings (SSSR count). The van der Waals surface area contributed by atoms with Crippen molar-refractivity contribution in [2.24, 2.45) is 7.05 Å². The predicted molar refractivity (Wildman–Crippen MR) is 129 cm³/mol. The third-order valence-corrected chi connectivity index (χ3v) is 5.79. The highest BCUT2D eigenvalue weighted by Crippen LogP contribution is 2.36. The van der Waals surface area contributed by atoms with E-state index in [1.807, 2.05) is 49.6 Å². The van der Waals surface area contributed by atoms with Gasteiger partial charge in [0.2, 0.25) is 5.71 Å². The van der Waals surface area contributed by atoms with Crippen molar-refractivity contribution < 1.29 is 13.5 Å². The van der Waals surface area contributed by atoms with Crippen LogP contribution in [-0.2, 0) is 11.8 Å². The topological polar surface area (TPSA) is 66.0 Å². The maximum Gasteiger partial charge on any atom is 0.230 e. The van der Waals surface area contributed by atoms with Crippen molar-refractivity contribution in [3.05, 3.63) is 79.0 Å². The van der Waals surface area contributed by atoms with Crippen molar-refractivity contribution in [1.29, 1.82) is 0 Å². The van der Waals surface area contributed by atoms with Gasteiger partial charge in [0, 0.05) is 29.9 Å². The average Bonchev–Trinajstić information content (AvgIpc) is 3.43. The summed E-state index contributed by atoms with van der Waals surface area (Å²) in [6.45, 7) is 5.18. The van der Waals surface area contributed by atoms with Crippen LogP contribution in [0, 0.1) is 5.82 Å². The number of nitrogens with zero attached hydrogens (tertiary/aromatic N) is 4. The van der Waals surface area contributed by atoms with Gasteiger partial charge in [0.15, 0.2) is 0 Å². The van der Waals surface area contributed by atoms with Crippen LogP contribution in [0.25, 0.3) is 44.9 Å². The Morgan fingerprint density at radius 1 is 0.941 bits per heavy atom. The molecule has 0 amide bonds. The van der Waals surface area contributed by atoms with Gasteiger partial charge in [-0.1, -0.05) is 30.3 Å². The molecule has 5 aromatic rings. The van der Waals surface area contributed by atoms with Crippen LogP contribution in [0.3, 0.4) is 0 Å². The fourth-order valence-electron chi connectivity index (χ4n) is 3.81. The number of furan rings is 1. The van der Waals surface area contributed by atoms with Crippen LogP contribution in [0.5, 0.6) is 0 Å². The number of halogens is 1. The van der Waals surface area contributed by atoms with E-state index in [0.717, 1.165) is 45.8 Å². The smallest absolute Gasteiger partial charge is 0.230 e. The lowest BCUT2D eigenvalue weighted by atomic mass is 10.0. The van der Waals surface area contributed by atoms with Gasteiger partial charge >= 0.3 is 0 Å². The van der Waals surface area contributed by atoms with E-state index in [0.29, 0.717) is 5.71 Å². The zero-order valence-corrected chi connectivity index (χ0v) is 19.3. The SMILES string of the molecule is CC1(C)CCO1.Cn1cc(-c2ncnc3oc(-c4ccccc4)cc23)c(-c2ccc(F)cc2)n1.